The highest BCUT2D eigenvalue weighted by molar-refractivity contribution is 5.95. The predicted octanol–water partition coefficient (Wildman–Crippen LogP) is 4.99. The van der Waals surface area contributed by atoms with Crippen LogP contribution in [0, 0.1) is 5.82 Å². The largest absolute Gasteiger partial charge is 0.586 e. The smallest absolute Gasteiger partial charge is 0.395 e. The van der Waals surface area contributed by atoms with Crippen molar-refractivity contribution in [1.82, 2.24) is 4.57 Å². The molecule has 0 unspecified atom stereocenters. The van der Waals surface area contributed by atoms with Gasteiger partial charge in [0.1, 0.15) is 11.6 Å². The van der Waals surface area contributed by atoms with Gasteiger partial charge in [-0.05, 0) is 60.6 Å². The van der Waals surface area contributed by atoms with E-state index in [1.165, 1.54) is 32.0 Å². The molecule has 1 fully saturated rings. The van der Waals surface area contributed by atoms with Gasteiger partial charge in [-0.2, -0.15) is 0 Å². The molecule has 1 saturated carbocycles. The van der Waals surface area contributed by atoms with Crippen LogP contribution in [-0.2, 0) is 28.5 Å². The molecule has 9 heteroatoms. The monoisotopic (exact) mass is 526 g/mol. The lowest BCUT2D eigenvalue weighted by molar-refractivity contribution is -0.286. The second kappa shape index (κ2) is 8.77. The van der Waals surface area contributed by atoms with Gasteiger partial charge >= 0.3 is 6.29 Å². The van der Waals surface area contributed by atoms with Crippen LogP contribution in [0.1, 0.15) is 69.1 Å². The molecule has 1 aliphatic carbocycles. The first kappa shape index (κ1) is 16.7. The van der Waals surface area contributed by atoms with Crippen molar-refractivity contribution >= 4 is 16.7 Å². The fourth-order valence-corrected chi connectivity index (χ4v) is 4.44. The van der Waals surface area contributed by atoms with E-state index in [0.717, 1.165) is 6.92 Å². The summed E-state index contributed by atoms with van der Waals surface area (Å²) >= 11 is 0. The van der Waals surface area contributed by atoms with Crippen LogP contribution in [0.5, 0.6) is 11.5 Å². The number of ether oxygens (including phenoxy) is 2. The summed E-state index contributed by atoms with van der Waals surface area (Å²) in [6, 6.07) is 1.14. The third kappa shape index (κ3) is 4.48. The van der Waals surface area contributed by atoms with Crippen molar-refractivity contribution in [3.63, 3.8) is 0 Å². The molecule has 0 bridgehead atoms. The molecule has 0 saturated heterocycles. The third-order valence-electron chi connectivity index (χ3n) is 6.86. The van der Waals surface area contributed by atoms with Gasteiger partial charge in [-0.25, -0.2) is 4.39 Å². The zero-order chi connectivity index (χ0) is 34.7. The molecule has 0 amide bonds. The van der Waals surface area contributed by atoms with Crippen molar-refractivity contribution < 1.29 is 50.0 Å². The molecular formula is C28H30F3NO5. The maximum Gasteiger partial charge on any atom is 0.586 e. The van der Waals surface area contributed by atoms with Crippen molar-refractivity contribution in [1.29, 1.82) is 0 Å². The van der Waals surface area contributed by atoms with E-state index in [1.54, 1.807) is 0 Å². The van der Waals surface area contributed by atoms with E-state index in [1.807, 2.05) is 0 Å². The van der Waals surface area contributed by atoms with Gasteiger partial charge in [0.05, 0.1) is 39.7 Å². The Labute approximate surface area is 225 Å². The number of alkyl halides is 2. The summed E-state index contributed by atoms with van der Waals surface area (Å²) in [5.41, 5.74) is -4.82. The maximum atomic E-state index is 16.1. The molecule has 37 heavy (non-hydrogen) atoms. The highest BCUT2D eigenvalue weighted by atomic mass is 19.3. The number of halogens is 3. The number of hydrogen-bond acceptors (Lipinski definition) is 5. The van der Waals surface area contributed by atoms with E-state index in [-0.39, 0.29) is 29.9 Å². The van der Waals surface area contributed by atoms with Gasteiger partial charge in [0.2, 0.25) is 0 Å². The molecule has 1 aromatic heterocycles. The minimum Gasteiger partial charge on any atom is -0.395 e. The Morgan fingerprint density at radius 1 is 1.24 bits per heavy atom. The minimum atomic E-state index is -3.90. The Kier molecular flexibility index (Phi) is 3.97. The second-order valence-electron chi connectivity index (χ2n) is 9.62. The average molecular weight is 527 g/mol. The van der Waals surface area contributed by atoms with Crippen molar-refractivity contribution in [3.8, 4) is 11.5 Å². The second-order valence-corrected chi connectivity index (χ2v) is 9.62. The van der Waals surface area contributed by atoms with Gasteiger partial charge < -0.3 is 24.3 Å². The van der Waals surface area contributed by atoms with Gasteiger partial charge in [-0.15, -0.1) is 8.78 Å². The van der Waals surface area contributed by atoms with Gasteiger partial charge in [0, 0.05) is 25.7 Å². The van der Waals surface area contributed by atoms with Crippen molar-refractivity contribution in [2.75, 3.05) is 6.56 Å². The van der Waals surface area contributed by atoms with E-state index in [9.17, 15) is 23.8 Å². The third-order valence-corrected chi connectivity index (χ3v) is 6.86. The van der Waals surface area contributed by atoms with Crippen molar-refractivity contribution in [2.24, 2.45) is 0 Å². The lowest BCUT2D eigenvalue weighted by Crippen LogP contribution is -2.26. The Morgan fingerprint density at radius 3 is 2.59 bits per heavy atom. The van der Waals surface area contributed by atoms with Gasteiger partial charge in [-0.3, -0.25) is 4.79 Å². The molecule has 0 radical (unpaired) electrons. The number of ketones is 1. The summed E-state index contributed by atoms with van der Waals surface area (Å²) in [6.07, 6.45) is -9.32. The Bertz CT molecular complexity index is 1780. The first-order valence-electron chi connectivity index (χ1n) is 16.0. The number of carbonyl (C=O) groups excluding carboxylic acids is 1. The van der Waals surface area contributed by atoms with Gasteiger partial charge in [0.15, 0.2) is 11.5 Å². The van der Waals surface area contributed by atoms with Crippen LogP contribution in [0.2, 0.25) is 0 Å². The standard InChI is InChI=1S/C28H30F3NO5/c1-4-26(2,3)24-10-17-9-16(20(29)13-21(17)32(24)14-19(34)15-33)11-25(35)27(7-8-27)18-5-6-22-23(12-18)37-28(30,31)36-22/h5-6,9-10,12-13,19,33-34H,4,7-8,11,14-15H2,1-3H3/t19-/m1/s1/i4D2,9D,10D,13D,14D2,15D2. The molecule has 0 spiro atoms. The highest BCUT2D eigenvalue weighted by Gasteiger charge is 2.52. The van der Waals surface area contributed by atoms with E-state index >= 15 is 4.39 Å². The highest BCUT2D eigenvalue weighted by Crippen LogP contribution is 2.52. The Morgan fingerprint density at radius 2 is 1.95 bits per heavy atom. The maximum absolute atomic E-state index is 16.1. The first-order valence-corrected chi connectivity index (χ1v) is 11.5. The molecule has 3 aromatic rings. The number of aliphatic hydroxyl groups excluding tert-OH is 1. The van der Waals surface area contributed by atoms with E-state index in [4.69, 9.17) is 12.3 Å². The normalized spacial score (nSPS) is 23.0. The van der Waals surface area contributed by atoms with E-state index < -0.39 is 101 Å². The molecule has 2 N–H and O–H groups in total. The summed E-state index contributed by atoms with van der Waals surface area (Å²) in [4.78, 5) is 13.7. The Hall–Kier alpha value is -3.04. The predicted molar refractivity (Wildman–Crippen MR) is 131 cm³/mol. The lowest BCUT2D eigenvalue weighted by atomic mass is 9.86. The number of hydrogen-bond donors (Lipinski definition) is 2. The molecule has 2 aromatic carbocycles. The summed E-state index contributed by atoms with van der Waals surface area (Å²) in [6.45, 7) is -3.38. The topological polar surface area (TPSA) is 80.9 Å². The lowest BCUT2D eigenvalue weighted by Gasteiger charge is -2.26. The van der Waals surface area contributed by atoms with Crippen LogP contribution in [0.4, 0.5) is 13.2 Å². The number of benzene rings is 2. The molecular weight excluding hydrogens is 487 g/mol. The van der Waals surface area contributed by atoms with Crippen LogP contribution in [-0.4, -0.2) is 39.5 Å². The quantitative estimate of drug-likeness (QED) is 0.411. The summed E-state index contributed by atoms with van der Waals surface area (Å²) in [7, 11) is 0. The fourth-order valence-electron chi connectivity index (χ4n) is 4.44. The zero-order valence-electron chi connectivity index (χ0n) is 29.1. The van der Waals surface area contributed by atoms with Gasteiger partial charge in [-0.1, -0.05) is 26.8 Å². The minimum absolute atomic E-state index is 0.247. The summed E-state index contributed by atoms with van der Waals surface area (Å²) in [5.74, 6) is -2.65. The van der Waals surface area contributed by atoms with Crippen LogP contribution < -0.4 is 9.47 Å². The number of aromatic nitrogens is 1. The van der Waals surface area contributed by atoms with Crippen molar-refractivity contribution in [2.45, 2.75) is 76.1 Å². The van der Waals surface area contributed by atoms with Crippen LogP contribution in [0.15, 0.2) is 36.3 Å². The van der Waals surface area contributed by atoms with Crippen LogP contribution in [0.3, 0.4) is 0 Å². The van der Waals surface area contributed by atoms with Crippen molar-refractivity contribution in [3.05, 3.63) is 59.0 Å². The number of nitrogens with zero attached hydrogens (tertiary/aromatic N) is 1. The molecule has 198 valence electrons. The number of fused-ring (bicyclic) bond motifs is 2. The number of aliphatic hydroxyl groups is 2. The molecule has 1 atom stereocenters. The number of Topliss-reactive ketones (excluding diaryl/α,β-unsaturated/α-hetero) is 1. The fraction of sp³-hybridized carbons (Fsp3) is 0.464. The SMILES string of the molecule is [2H]c1c(CC(=O)C2(c3ccc4c(c3)OC(F)(F)O4)CC2)c(F)c([2H])c2c1c([2H])c(C(C)(C)C([2H])([2H])C)n2C([2H])([2H])[C@@H](O)C([2H])([2H])O. The van der Waals surface area contributed by atoms with Crippen LogP contribution >= 0.6 is 0 Å². The summed E-state index contributed by atoms with van der Waals surface area (Å²) < 4.78 is 128. The Balaban J connectivity index is 1.69. The molecule has 5 rings (SSSR count). The number of carbonyl (C=O) groups is 1. The zero-order valence-corrected chi connectivity index (χ0v) is 20.1. The molecule has 6 nitrogen and oxygen atoms in total. The average Bonchev–Trinajstić information content (AvgIpc) is 3.57. The van der Waals surface area contributed by atoms with Gasteiger partial charge in [0.25, 0.3) is 0 Å². The van der Waals surface area contributed by atoms with E-state index in [0.29, 0.717) is 4.57 Å². The van der Waals surface area contributed by atoms with Crippen LogP contribution in [0.25, 0.3) is 10.9 Å². The molecule has 2 aliphatic rings. The molecule has 1 aliphatic heterocycles. The summed E-state index contributed by atoms with van der Waals surface area (Å²) in [5, 5.41) is 19.8. The first-order chi connectivity index (χ1) is 20.8. The van der Waals surface area contributed by atoms with E-state index in [2.05, 4.69) is 9.47 Å². The number of rotatable bonds is 9. The molecule has 2 heterocycles.